The molecule has 0 fully saturated rings. The molecule has 0 heterocycles. The third-order valence-electron chi connectivity index (χ3n) is 1.15. The van der Waals surface area contributed by atoms with Gasteiger partial charge in [0.1, 0.15) is 10.8 Å². The highest BCUT2D eigenvalue weighted by molar-refractivity contribution is 8.04. The number of rotatable bonds is 2. The Kier molecular flexibility index (Phi) is 3.53. The number of thioether (sulfide) groups is 2. The highest BCUT2D eigenvalue weighted by Gasteiger charge is 1.94. The predicted molar refractivity (Wildman–Crippen MR) is 49.4 cm³/mol. The molecule has 1 rings (SSSR count). The van der Waals surface area contributed by atoms with E-state index in [2.05, 4.69) is 0 Å². The molecule has 0 aliphatic heterocycles. The highest BCUT2D eigenvalue weighted by Crippen LogP contribution is 2.21. The number of nitrogens with zero attached hydrogens (tertiary/aromatic N) is 2. The van der Waals surface area contributed by atoms with Gasteiger partial charge in [-0.1, -0.05) is 0 Å². The van der Waals surface area contributed by atoms with E-state index in [4.69, 9.17) is 10.5 Å². The number of nitriles is 2. The largest absolute Gasteiger partial charge is 0.185 e. The zero-order valence-corrected chi connectivity index (χ0v) is 7.65. The van der Waals surface area contributed by atoms with Crippen molar-refractivity contribution in [1.82, 2.24) is 0 Å². The van der Waals surface area contributed by atoms with Crippen molar-refractivity contribution >= 4 is 23.5 Å². The smallest absolute Gasteiger partial charge is 0.138 e. The lowest BCUT2D eigenvalue weighted by Gasteiger charge is -1.94. The molecule has 0 atom stereocenters. The zero-order valence-electron chi connectivity index (χ0n) is 6.02. The topological polar surface area (TPSA) is 47.6 Å². The van der Waals surface area contributed by atoms with Crippen LogP contribution in [0.4, 0.5) is 0 Å². The predicted octanol–water partition coefficient (Wildman–Crippen LogP) is 2.83. The summed E-state index contributed by atoms with van der Waals surface area (Å²) >= 11 is 2.23. The quantitative estimate of drug-likeness (QED) is 0.534. The average Bonchev–Trinajstić information content (AvgIpc) is 2.09. The molecule has 0 spiro atoms. The Balaban J connectivity index is 2.74. The van der Waals surface area contributed by atoms with E-state index in [9.17, 15) is 0 Å². The first-order valence-electron chi connectivity index (χ1n) is 3.09. The first-order valence-corrected chi connectivity index (χ1v) is 4.72. The molecular weight excluding hydrogens is 188 g/mol. The van der Waals surface area contributed by atoms with Gasteiger partial charge in [-0.25, -0.2) is 0 Å². The number of hydrogen-bond acceptors (Lipinski definition) is 4. The van der Waals surface area contributed by atoms with E-state index in [0.29, 0.717) is 0 Å². The molecule has 0 N–H and O–H groups in total. The highest BCUT2D eigenvalue weighted by atomic mass is 32.2. The van der Waals surface area contributed by atoms with Gasteiger partial charge in [-0.2, -0.15) is 10.5 Å². The number of hydrogen-bond donors (Lipinski definition) is 0. The lowest BCUT2D eigenvalue weighted by atomic mass is 10.4. The Morgan fingerprint density at radius 2 is 1.17 bits per heavy atom. The fourth-order valence-electron chi connectivity index (χ4n) is 0.681. The van der Waals surface area contributed by atoms with Crippen molar-refractivity contribution in [3.8, 4) is 10.8 Å². The van der Waals surface area contributed by atoms with Crippen LogP contribution in [0.15, 0.2) is 34.1 Å². The third kappa shape index (κ3) is 2.50. The van der Waals surface area contributed by atoms with Crippen LogP contribution in [0.2, 0.25) is 0 Å². The lowest BCUT2D eigenvalue weighted by molar-refractivity contribution is 1.36. The Morgan fingerprint density at radius 3 is 1.42 bits per heavy atom. The van der Waals surface area contributed by atoms with Gasteiger partial charge in [-0.3, -0.25) is 0 Å². The molecule has 0 saturated heterocycles. The van der Waals surface area contributed by atoms with E-state index in [1.807, 2.05) is 35.1 Å². The fraction of sp³-hybridized carbons (Fsp3) is 0. The lowest BCUT2D eigenvalue weighted by Crippen LogP contribution is -1.69. The maximum Gasteiger partial charge on any atom is 0.138 e. The van der Waals surface area contributed by atoms with Crippen LogP contribution >= 0.6 is 23.5 Å². The molecule has 58 valence electrons. The summed E-state index contributed by atoms with van der Waals surface area (Å²) < 4.78 is 0. The van der Waals surface area contributed by atoms with Crippen molar-refractivity contribution in [2.24, 2.45) is 0 Å². The Bertz CT molecular complexity index is 297. The molecule has 12 heavy (non-hydrogen) atoms. The van der Waals surface area contributed by atoms with Crippen molar-refractivity contribution < 1.29 is 0 Å². The van der Waals surface area contributed by atoms with Crippen LogP contribution in [0.5, 0.6) is 0 Å². The summed E-state index contributed by atoms with van der Waals surface area (Å²) in [5.41, 5.74) is 0. The maximum atomic E-state index is 8.35. The molecule has 0 radical (unpaired) electrons. The normalized spacial score (nSPS) is 8.50. The molecule has 4 heteroatoms. The Labute approximate surface area is 79.2 Å². The molecule has 0 aliphatic rings. The van der Waals surface area contributed by atoms with E-state index < -0.39 is 0 Å². The molecule has 0 bridgehead atoms. The van der Waals surface area contributed by atoms with Crippen molar-refractivity contribution in [1.29, 1.82) is 10.5 Å². The van der Waals surface area contributed by atoms with Crippen molar-refractivity contribution in [2.75, 3.05) is 0 Å². The molecule has 0 amide bonds. The standard InChI is InChI=1S/C8H4N2S2/c9-5-11-7-1-2-8(4-3-7)12-6-10/h1-4H. The van der Waals surface area contributed by atoms with Crippen LogP contribution in [-0.2, 0) is 0 Å². The van der Waals surface area contributed by atoms with E-state index in [1.165, 1.54) is 0 Å². The summed E-state index contributed by atoms with van der Waals surface area (Å²) in [6.07, 6.45) is 0. The molecule has 0 aliphatic carbocycles. The van der Waals surface area contributed by atoms with E-state index in [0.717, 1.165) is 33.3 Å². The first-order chi connectivity index (χ1) is 5.86. The van der Waals surface area contributed by atoms with Crippen LogP contribution in [0.1, 0.15) is 0 Å². The zero-order chi connectivity index (χ0) is 8.81. The van der Waals surface area contributed by atoms with Gasteiger partial charge in [-0.15, -0.1) is 0 Å². The van der Waals surface area contributed by atoms with Crippen LogP contribution in [0, 0.1) is 21.3 Å². The van der Waals surface area contributed by atoms with Crippen LogP contribution in [-0.4, -0.2) is 0 Å². The minimum atomic E-state index is 0.903. The second kappa shape index (κ2) is 4.71. The average molecular weight is 192 g/mol. The monoisotopic (exact) mass is 192 g/mol. The summed E-state index contributed by atoms with van der Waals surface area (Å²) in [5, 5.41) is 20.7. The number of thiocyanates is 2. The minimum Gasteiger partial charge on any atom is -0.185 e. The van der Waals surface area contributed by atoms with Crippen LogP contribution < -0.4 is 0 Å². The minimum absolute atomic E-state index is 0.903. The summed E-state index contributed by atoms with van der Waals surface area (Å²) in [7, 11) is 0. The van der Waals surface area contributed by atoms with Crippen molar-refractivity contribution in [3.63, 3.8) is 0 Å². The van der Waals surface area contributed by atoms with Gasteiger partial charge in [0.15, 0.2) is 0 Å². The van der Waals surface area contributed by atoms with Gasteiger partial charge < -0.3 is 0 Å². The maximum absolute atomic E-state index is 8.35. The Hall–Kier alpha value is -1.10. The van der Waals surface area contributed by atoms with Gasteiger partial charge in [0, 0.05) is 9.79 Å². The summed E-state index contributed by atoms with van der Waals surface area (Å²) in [4.78, 5) is 1.81. The van der Waals surface area contributed by atoms with Gasteiger partial charge in [0.2, 0.25) is 0 Å². The van der Waals surface area contributed by atoms with Crippen LogP contribution in [0.25, 0.3) is 0 Å². The summed E-state index contributed by atoms with van der Waals surface area (Å²) in [5.74, 6) is 0. The van der Waals surface area contributed by atoms with Gasteiger partial charge in [0.25, 0.3) is 0 Å². The molecule has 0 aromatic heterocycles. The first kappa shape index (κ1) is 8.99. The van der Waals surface area contributed by atoms with E-state index >= 15 is 0 Å². The van der Waals surface area contributed by atoms with Crippen LogP contribution in [0.3, 0.4) is 0 Å². The fourth-order valence-corrected chi connectivity index (χ4v) is 1.44. The second-order valence-electron chi connectivity index (χ2n) is 1.86. The molecule has 0 unspecified atom stereocenters. The van der Waals surface area contributed by atoms with Gasteiger partial charge >= 0.3 is 0 Å². The third-order valence-corrected chi connectivity index (χ3v) is 2.35. The second-order valence-corrected chi connectivity index (χ2v) is 3.57. The van der Waals surface area contributed by atoms with Gasteiger partial charge in [-0.05, 0) is 47.8 Å². The van der Waals surface area contributed by atoms with E-state index in [1.54, 1.807) is 0 Å². The van der Waals surface area contributed by atoms with Crippen molar-refractivity contribution in [3.05, 3.63) is 24.3 Å². The summed E-state index contributed by atoms with van der Waals surface area (Å²) in [6, 6.07) is 7.31. The molecule has 1 aromatic carbocycles. The molecular formula is C8H4N2S2. The van der Waals surface area contributed by atoms with E-state index in [-0.39, 0.29) is 0 Å². The SMILES string of the molecule is N#CSc1ccc(SC#N)cc1. The van der Waals surface area contributed by atoms with Crippen molar-refractivity contribution in [2.45, 2.75) is 9.79 Å². The molecule has 1 aromatic rings. The summed E-state index contributed by atoms with van der Waals surface area (Å²) in [6.45, 7) is 0. The number of benzene rings is 1. The Morgan fingerprint density at radius 1 is 0.833 bits per heavy atom. The molecule has 2 nitrogen and oxygen atoms in total. The molecule has 0 saturated carbocycles. The van der Waals surface area contributed by atoms with Gasteiger partial charge in [0.05, 0.1) is 0 Å².